The quantitative estimate of drug-likeness (QED) is 0.649. The van der Waals surface area contributed by atoms with Gasteiger partial charge in [-0.2, -0.15) is 0 Å². The van der Waals surface area contributed by atoms with Gasteiger partial charge in [-0.1, -0.05) is 0 Å². The van der Waals surface area contributed by atoms with E-state index in [0.29, 0.717) is 0 Å². The Morgan fingerprint density at radius 1 is 1.38 bits per heavy atom. The van der Waals surface area contributed by atoms with Crippen LogP contribution in [0.25, 0.3) is 0 Å². The molecule has 1 aromatic heterocycles. The van der Waals surface area contributed by atoms with Gasteiger partial charge in [0.25, 0.3) is 0 Å². The standard InChI is InChI=1S/C9H17N3S/c1-10-4-2-3-5-11-8-9-12-6-7-13-9/h6-7,10-11H,2-5,8H2,1H3. The van der Waals surface area contributed by atoms with Gasteiger partial charge in [0, 0.05) is 18.1 Å². The minimum Gasteiger partial charge on any atom is -0.320 e. The fourth-order valence-corrected chi connectivity index (χ4v) is 1.67. The minimum absolute atomic E-state index is 0.914. The normalized spacial score (nSPS) is 10.5. The maximum absolute atomic E-state index is 4.19. The molecule has 0 aliphatic carbocycles. The third-order valence-corrected chi connectivity index (χ3v) is 2.57. The molecule has 0 saturated heterocycles. The van der Waals surface area contributed by atoms with Crippen LogP contribution in [-0.4, -0.2) is 25.1 Å². The highest BCUT2D eigenvalue weighted by Gasteiger charge is 1.93. The summed E-state index contributed by atoms with van der Waals surface area (Å²) in [6.45, 7) is 3.11. The van der Waals surface area contributed by atoms with Crippen LogP contribution in [0.2, 0.25) is 0 Å². The highest BCUT2D eigenvalue weighted by atomic mass is 32.1. The number of nitrogens with one attached hydrogen (secondary N) is 2. The third kappa shape index (κ3) is 4.98. The van der Waals surface area contributed by atoms with Crippen molar-refractivity contribution >= 4 is 11.3 Å². The zero-order valence-electron chi connectivity index (χ0n) is 8.05. The van der Waals surface area contributed by atoms with Gasteiger partial charge in [-0.05, 0) is 33.0 Å². The summed E-state index contributed by atoms with van der Waals surface area (Å²) in [5, 5.41) is 9.69. The number of hydrogen-bond acceptors (Lipinski definition) is 4. The van der Waals surface area contributed by atoms with Crippen LogP contribution >= 0.6 is 11.3 Å². The molecule has 0 aliphatic rings. The molecule has 1 rings (SSSR count). The summed E-state index contributed by atoms with van der Waals surface area (Å²) in [4.78, 5) is 4.19. The summed E-state index contributed by atoms with van der Waals surface area (Å²) in [6, 6.07) is 0. The van der Waals surface area contributed by atoms with Crippen LogP contribution in [0.4, 0.5) is 0 Å². The lowest BCUT2D eigenvalue weighted by molar-refractivity contribution is 0.604. The zero-order valence-corrected chi connectivity index (χ0v) is 8.86. The van der Waals surface area contributed by atoms with Crippen molar-refractivity contribution in [3.8, 4) is 0 Å². The van der Waals surface area contributed by atoms with Crippen molar-refractivity contribution in [2.75, 3.05) is 20.1 Å². The first kappa shape index (κ1) is 10.6. The van der Waals surface area contributed by atoms with E-state index in [9.17, 15) is 0 Å². The summed E-state index contributed by atoms with van der Waals surface area (Å²) in [5.74, 6) is 0. The molecule has 0 aromatic carbocycles. The van der Waals surface area contributed by atoms with Crippen molar-refractivity contribution < 1.29 is 0 Å². The van der Waals surface area contributed by atoms with Gasteiger partial charge >= 0.3 is 0 Å². The molecule has 0 atom stereocenters. The lowest BCUT2D eigenvalue weighted by atomic mass is 10.3. The van der Waals surface area contributed by atoms with Crippen molar-refractivity contribution in [1.82, 2.24) is 15.6 Å². The number of rotatable bonds is 7. The third-order valence-electron chi connectivity index (χ3n) is 1.79. The van der Waals surface area contributed by atoms with Gasteiger partial charge in [0.15, 0.2) is 0 Å². The van der Waals surface area contributed by atoms with Crippen LogP contribution in [0.1, 0.15) is 17.8 Å². The topological polar surface area (TPSA) is 37.0 Å². The van der Waals surface area contributed by atoms with E-state index in [0.717, 1.165) is 19.6 Å². The summed E-state index contributed by atoms with van der Waals surface area (Å²) < 4.78 is 0. The summed E-state index contributed by atoms with van der Waals surface area (Å²) in [6.07, 6.45) is 4.32. The van der Waals surface area contributed by atoms with E-state index in [4.69, 9.17) is 0 Å². The van der Waals surface area contributed by atoms with Gasteiger partial charge in [-0.15, -0.1) is 11.3 Å². The first-order valence-corrected chi connectivity index (χ1v) is 5.55. The Morgan fingerprint density at radius 3 is 2.92 bits per heavy atom. The van der Waals surface area contributed by atoms with Crippen LogP contribution in [0.5, 0.6) is 0 Å². The number of hydrogen-bond donors (Lipinski definition) is 2. The van der Waals surface area contributed by atoms with Crippen molar-refractivity contribution in [3.05, 3.63) is 16.6 Å². The minimum atomic E-state index is 0.914. The molecule has 0 amide bonds. The molecule has 13 heavy (non-hydrogen) atoms. The Balaban J connectivity index is 1.90. The van der Waals surface area contributed by atoms with Crippen LogP contribution < -0.4 is 10.6 Å². The van der Waals surface area contributed by atoms with E-state index in [2.05, 4.69) is 15.6 Å². The van der Waals surface area contributed by atoms with Crippen LogP contribution in [0, 0.1) is 0 Å². The second-order valence-corrected chi connectivity index (χ2v) is 3.89. The van der Waals surface area contributed by atoms with Crippen molar-refractivity contribution in [3.63, 3.8) is 0 Å². The van der Waals surface area contributed by atoms with Crippen molar-refractivity contribution in [2.24, 2.45) is 0 Å². The zero-order chi connectivity index (χ0) is 9.36. The molecule has 0 bridgehead atoms. The average Bonchev–Trinajstić information content (AvgIpc) is 2.63. The molecule has 4 heteroatoms. The molecule has 0 radical (unpaired) electrons. The van der Waals surface area contributed by atoms with Gasteiger partial charge in [0.05, 0.1) is 0 Å². The van der Waals surface area contributed by atoms with Crippen LogP contribution in [0.15, 0.2) is 11.6 Å². The first-order chi connectivity index (χ1) is 6.43. The molecule has 74 valence electrons. The SMILES string of the molecule is CNCCCCNCc1nccs1. The van der Waals surface area contributed by atoms with Gasteiger partial charge in [0.2, 0.25) is 0 Å². The van der Waals surface area contributed by atoms with Gasteiger partial charge in [-0.25, -0.2) is 4.98 Å². The van der Waals surface area contributed by atoms with Crippen LogP contribution in [-0.2, 0) is 6.54 Å². The molecule has 0 spiro atoms. The number of thiazole rings is 1. The predicted molar refractivity (Wildman–Crippen MR) is 57.0 cm³/mol. The number of nitrogens with zero attached hydrogens (tertiary/aromatic N) is 1. The largest absolute Gasteiger partial charge is 0.320 e. The predicted octanol–water partition coefficient (Wildman–Crippen LogP) is 1.23. The van der Waals surface area contributed by atoms with Gasteiger partial charge in [-0.3, -0.25) is 0 Å². The Labute approximate surface area is 83.6 Å². The molecule has 0 aliphatic heterocycles. The summed E-state index contributed by atoms with van der Waals surface area (Å²) in [5.41, 5.74) is 0. The molecule has 0 saturated carbocycles. The fraction of sp³-hybridized carbons (Fsp3) is 0.667. The second-order valence-electron chi connectivity index (χ2n) is 2.91. The molecular formula is C9H17N3S. The maximum Gasteiger partial charge on any atom is 0.106 e. The van der Waals surface area contributed by atoms with Gasteiger partial charge < -0.3 is 10.6 Å². The first-order valence-electron chi connectivity index (χ1n) is 4.67. The highest BCUT2D eigenvalue weighted by Crippen LogP contribution is 2.02. The fourth-order valence-electron chi connectivity index (χ4n) is 1.09. The molecule has 1 aromatic rings. The molecule has 1 heterocycles. The highest BCUT2D eigenvalue weighted by molar-refractivity contribution is 7.09. The maximum atomic E-state index is 4.19. The lowest BCUT2D eigenvalue weighted by Gasteiger charge is -2.01. The second kappa shape index (κ2) is 7.00. The van der Waals surface area contributed by atoms with E-state index < -0.39 is 0 Å². The number of unbranched alkanes of at least 4 members (excludes halogenated alkanes) is 1. The molecule has 0 fully saturated rings. The average molecular weight is 199 g/mol. The van der Waals surface area contributed by atoms with Crippen molar-refractivity contribution in [2.45, 2.75) is 19.4 Å². The van der Waals surface area contributed by atoms with Crippen LogP contribution in [0.3, 0.4) is 0 Å². The monoisotopic (exact) mass is 199 g/mol. The molecule has 0 unspecified atom stereocenters. The Morgan fingerprint density at radius 2 is 2.23 bits per heavy atom. The van der Waals surface area contributed by atoms with E-state index >= 15 is 0 Å². The smallest absolute Gasteiger partial charge is 0.106 e. The number of aromatic nitrogens is 1. The van der Waals surface area contributed by atoms with E-state index in [-0.39, 0.29) is 0 Å². The van der Waals surface area contributed by atoms with Gasteiger partial charge in [0.1, 0.15) is 5.01 Å². The van der Waals surface area contributed by atoms with E-state index in [1.54, 1.807) is 11.3 Å². The lowest BCUT2D eigenvalue weighted by Crippen LogP contribution is -2.16. The van der Waals surface area contributed by atoms with Crippen molar-refractivity contribution in [1.29, 1.82) is 0 Å². The molecule has 2 N–H and O–H groups in total. The van der Waals surface area contributed by atoms with E-state index in [1.807, 2.05) is 18.6 Å². The molecular weight excluding hydrogens is 182 g/mol. The summed E-state index contributed by atoms with van der Waals surface area (Å²) >= 11 is 1.71. The summed E-state index contributed by atoms with van der Waals surface area (Å²) in [7, 11) is 1.99. The van der Waals surface area contributed by atoms with E-state index in [1.165, 1.54) is 17.8 Å². The Bertz CT molecular complexity index is 199. The Kier molecular flexibility index (Phi) is 5.73. The molecule has 3 nitrogen and oxygen atoms in total. The Hall–Kier alpha value is -0.450.